The third kappa shape index (κ3) is 3.40. The van der Waals surface area contributed by atoms with E-state index in [1.54, 1.807) is 17.2 Å². The molecule has 2 aromatic rings. The van der Waals surface area contributed by atoms with Crippen molar-refractivity contribution < 1.29 is 4.39 Å². The Labute approximate surface area is 135 Å². The number of benzene rings is 1. The molecule has 5 nitrogen and oxygen atoms in total. The number of alkyl halides is 1. The summed E-state index contributed by atoms with van der Waals surface area (Å²) in [6, 6.07) is 10.1. The molecule has 2 unspecified atom stereocenters. The smallest absolute Gasteiger partial charge is 0.119 e. The van der Waals surface area contributed by atoms with Gasteiger partial charge in [-0.15, -0.1) is 0 Å². The Balaban J connectivity index is 1.61. The van der Waals surface area contributed by atoms with E-state index in [4.69, 9.17) is 5.26 Å². The van der Waals surface area contributed by atoms with Gasteiger partial charge in [0, 0.05) is 24.9 Å². The van der Waals surface area contributed by atoms with E-state index in [2.05, 4.69) is 21.2 Å². The standard InChI is InChI=1S/C17H20FN5/c1-17(6-8-19)7-11-22(13-16(17)18)12-14-2-4-15(5-3-14)23-20-9-10-21-23/h2-5,9-10,16H,6-7,11-13H2,1H3. The number of hydrogen-bond acceptors (Lipinski definition) is 4. The molecule has 0 spiro atoms. The van der Waals surface area contributed by atoms with Gasteiger partial charge in [-0.1, -0.05) is 19.1 Å². The molecule has 1 aliphatic rings. The van der Waals surface area contributed by atoms with Crippen molar-refractivity contribution in [3.63, 3.8) is 0 Å². The van der Waals surface area contributed by atoms with Gasteiger partial charge in [-0.05, 0) is 30.7 Å². The predicted octanol–water partition coefficient (Wildman–Crippen LogP) is 2.73. The molecule has 3 rings (SSSR count). The van der Waals surface area contributed by atoms with E-state index in [9.17, 15) is 4.39 Å². The maximum atomic E-state index is 14.4. The number of nitrogens with zero attached hydrogens (tertiary/aromatic N) is 5. The highest BCUT2D eigenvalue weighted by atomic mass is 19.1. The second-order valence-corrected chi connectivity index (χ2v) is 6.43. The Kier molecular flexibility index (Phi) is 4.39. The van der Waals surface area contributed by atoms with Gasteiger partial charge in [-0.3, -0.25) is 4.90 Å². The molecule has 0 radical (unpaired) electrons. The van der Waals surface area contributed by atoms with Crippen LogP contribution in [0, 0.1) is 16.7 Å². The second kappa shape index (κ2) is 6.47. The van der Waals surface area contributed by atoms with Crippen LogP contribution in [-0.2, 0) is 6.54 Å². The molecule has 0 aliphatic carbocycles. The number of aromatic nitrogens is 3. The number of nitriles is 1. The summed E-state index contributed by atoms with van der Waals surface area (Å²) in [6.07, 6.45) is 3.33. The van der Waals surface area contributed by atoms with E-state index < -0.39 is 11.6 Å². The minimum atomic E-state index is -0.955. The molecule has 1 aromatic carbocycles. The van der Waals surface area contributed by atoms with Crippen molar-refractivity contribution in [3.05, 3.63) is 42.2 Å². The minimum absolute atomic E-state index is 0.285. The molecule has 1 saturated heterocycles. The van der Waals surface area contributed by atoms with Crippen molar-refractivity contribution in [2.24, 2.45) is 5.41 Å². The van der Waals surface area contributed by atoms with Crippen molar-refractivity contribution in [2.75, 3.05) is 13.1 Å². The molecule has 2 atom stereocenters. The Hall–Kier alpha value is -2.26. The third-order valence-electron chi connectivity index (χ3n) is 4.65. The lowest BCUT2D eigenvalue weighted by molar-refractivity contribution is 0.0186. The number of piperidine rings is 1. The van der Waals surface area contributed by atoms with Crippen LogP contribution in [0.2, 0.25) is 0 Å². The van der Waals surface area contributed by atoms with Crippen LogP contribution in [-0.4, -0.2) is 39.2 Å². The summed E-state index contributed by atoms with van der Waals surface area (Å²) in [4.78, 5) is 3.68. The summed E-state index contributed by atoms with van der Waals surface area (Å²) in [7, 11) is 0. The van der Waals surface area contributed by atoms with Crippen LogP contribution in [0.3, 0.4) is 0 Å². The average molecular weight is 313 g/mol. The molecular weight excluding hydrogens is 293 g/mol. The van der Waals surface area contributed by atoms with Gasteiger partial charge in [-0.2, -0.15) is 20.3 Å². The number of rotatable bonds is 4. The van der Waals surface area contributed by atoms with Crippen molar-refractivity contribution in [1.29, 1.82) is 5.26 Å². The zero-order valence-electron chi connectivity index (χ0n) is 13.2. The maximum Gasteiger partial charge on any atom is 0.119 e. The largest absolute Gasteiger partial charge is 0.296 e. The zero-order chi connectivity index (χ0) is 16.3. The minimum Gasteiger partial charge on any atom is -0.296 e. The summed E-state index contributed by atoms with van der Waals surface area (Å²) in [6.45, 7) is 3.81. The van der Waals surface area contributed by atoms with Gasteiger partial charge in [0.15, 0.2) is 0 Å². The molecule has 2 heterocycles. The van der Waals surface area contributed by atoms with Crippen molar-refractivity contribution >= 4 is 0 Å². The number of halogens is 1. The highest BCUT2D eigenvalue weighted by Crippen LogP contribution is 2.36. The van der Waals surface area contributed by atoms with Gasteiger partial charge in [0.05, 0.1) is 24.2 Å². The molecule has 0 amide bonds. The fourth-order valence-electron chi connectivity index (χ4n) is 2.97. The molecule has 1 aromatic heterocycles. The van der Waals surface area contributed by atoms with Gasteiger partial charge in [0.1, 0.15) is 6.17 Å². The molecule has 6 heteroatoms. The Morgan fingerprint density at radius 1 is 1.30 bits per heavy atom. The van der Waals surface area contributed by atoms with E-state index in [-0.39, 0.29) is 6.42 Å². The molecule has 1 fully saturated rings. The first-order valence-electron chi connectivity index (χ1n) is 7.80. The lowest BCUT2D eigenvalue weighted by Crippen LogP contribution is -2.47. The zero-order valence-corrected chi connectivity index (χ0v) is 13.2. The molecule has 0 bridgehead atoms. The van der Waals surface area contributed by atoms with Crippen LogP contribution in [0.25, 0.3) is 5.69 Å². The van der Waals surface area contributed by atoms with Crippen LogP contribution in [0.1, 0.15) is 25.3 Å². The maximum absolute atomic E-state index is 14.4. The van der Waals surface area contributed by atoms with Crippen molar-refractivity contribution in [3.8, 4) is 11.8 Å². The van der Waals surface area contributed by atoms with Crippen molar-refractivity contribution in [2.45, 2.75) is 32.5 Å². The predicted molar refractivity (Wildman–Crippen MR) is 84.5 cm³/mol. The van der Waals surface area contributed by atoms with Crippen LogP contribution in [0.5, 0.6) is 0 Å². The molecule has 0 N–H and O–H groups in total. The summed E-state index contributed by atoms with van der Waals surface area (Å²) in [5, 5.41) is 17.1. The van der Waals surface area contributed by atoms with Crippen LogP contribution in [0.4, 0.5) is 4.39 Å². The van der Waals surface area contributed by atoms with E-state index in [1.165, 1.54) is 0 Å². The average Bonchev–Trinajstić information content (AvgIpc) is 3.07. The molecule has 1 aliphatic heterocycles. The van der Waals surface area contributed by atoms with E-state index >= 15 is 0 Å². The highest BCUT2D eigenvalue weighted by molar-refractivity contribution is 5.32. The third-order valence-corrected chi connectivity index (χ3v) is 4.65. The van der Waals surface area contributed by atoms with E-state index in [1.807, 2.05) is 31.2 Å². The van der Waals surface area contributed by atoms with Crippen molar-refractivity contribution in [1.82, 2.24) is 19.9 Å². The summed E-state index contributed by atoms with van der Waals surface area (Å²) >= 11 is 0. The molecular formula is C17H20FN5. The Morgan fingerprint density at radius 3 is 2.61 bits per heavy atom. The quantitative estimate of drug-likeness (QED) is 0.871. The topological polar surface area (TPSA) is 57.7 Å². The van der Waals surface area contributed by atoms with Crippen LogP contribution >= 0.6 is 0 Å². The first kappa shape index (κ1) is 15.6. The Morgan fingerprint density at radius 2 is 2.00 bits per heavy atom. The molecule has 0 saturated carbocycles. The van der Waals surface area contributed by atoms with Gasteiger partial charge >= 0.3 is 0 Å². The number of hydrogen-bond donors (Lipinski definition) is 0. The number of likely N-dealkylation sites (tertiary alicyclic amines) is 1. The normalized spacial score (nSPS) is 25.2. The molecule has 120 valence electrons. The Bertz CT molecular complexity index is 676. The van der Waals surface area contributed by atoms with E-state index in [0.29, 0.717) is 6.54 Å². The van der Waals surface area contributed by atoms with Gasteiger partial charge in [0.25, 0.3) is 0 Å². The van der Waals surface area contributed by atoms with Gasteiger partial charge in [-0.25, -0.2) is 4.39 Å². The summed E-state index contributed by atoms with van der Waals surface area (Å²) in [5.74, 6) is 0. The second-order valence-electron chi connectivity index (χ2n) is 6.43. The van der Waals surface area contributed by atoms with E-state index in [0.717, 1.165) is 30.8 Å². The molecule has 23 heavy (non-hydrogen) atoms. The SMILES string of the molecule is CC1(CC#N)CCN(Cc2ccc(-n3nccn3)cc2)CC1F. The fraction of sp³-hybridized carbons (Fsp3) is 0.471. The first-order valence-corrected chi connectivity index (χ1v) is 7.80. The summed E-state index contributed by atoms with van der Waals surface area (Å²) in [5.41, 5.74) is 1.54. The monoisotopic (exact) mass is 313 g/mol. The lowest BCUT2D eigenvalue weighted by Gasteiger charge is -2.41. The van der Waals surface area contributed by atoms with Crippen LogP contribution < -0.4 is 0 Å². The lowest BCUT2D eigenvalue weighted by atomic mass is 9.76. The highest BCUT2D eigenvalue weighted by Gasteiger charge is 2.39. The first-order chi connectivity index (χ1) is 11.1. The summed E-state index contributed by atoms with van der Waals surface area (Å²) < 4.78 is 14.4. The fourth-order valence-corrected chi connectivity index (χ4v) is 2.97. The van der Waals surface area contributed by atoms with Crippen LogP contribution in [0.15, 0.2) is 36.7 Å². The van der Waals surface area contributed by atoms with Gasteiger partial charge in [0.2, 0.25) is 0 Å². The van der Waals surface area contributed by atoms with Gasteiger partial charge < -0.3 is 0 Å².